The van der Waals surface area contributed by atoms with Gasteiger partial charge in [-0.3, -0.25) is 4.79 Å². The molecule has 1 aromatic carbocycles. The molecular formula is C19H26N4O2. The van der Waals surface area contributed by atoms with E-state index in [0.717, 1.165) is 17.7 Å². The predicted octanol–water partition coefficient (Wildman–Crippen LogP) is 3.31. The number of nitrogens with two attached hydrogens (primary N) is 1. The Kier molecular flexibility index (Phi) is 6.33. The Balaban J connectivity index is 2.55. The standard InChI is InChI=1S/C19H26N4O2/c1-5-11-25-15-10-8-9-14(12-15)17-16(13(4)21-19(20)22-17)18(24)23(6-2)7-3/h8-10,12H,5-7,11H2,1-4H3,(H2,20,21,22). The van der Waals surface area contributed by atoms with Gasteiger partial charge in [-0.25, -0.2) is 9.97 Å². The molecule has 1 aromatic heterocycles. The molecule has 0 saturated carbocycles. The molecular weight excluding hydrogens is 316 g/mol. The van der Waals surface area contributed by atoms with E-state index in [4.69, 9.17) is 10.5 Å². The molecule has 6 heteroatoms. The number of aromatic nitrogens is 2. The van der Waals surface area contributed by atoms with E-state index < -0.39 is 0 Å². The minimum Gasteiger partial charge on any atom is -0.494 e. The lowest BCUT2D eigenvalue weighted by atomic mass is 10.0. The third-order valence-electron chi connectivity index (χ3n) is 3.95. The molecule has 0 aliphatic heterocycles. The molecule has 0 atom stereocenters. The molecule has 0 fully saturated rings. The molecule has 0 aliphatic carbocycles. The summed E-state index contributed by atoms with van der Waals surface area (Å²) in [6.07, 6.45) is 0.926. The number of rotatable bonds is 7. The number of hydrogen-bond donors (Lipinski definition) is 1. The second-order valence-electron chi connectivity index (χ2n) is 5.74. The SMILES string of the molecule is CCCOc1cccc(-c2nc(N)nc(C)c2C(=O)N(CC)CC)c1. The number of hydrogen-bond acceptors (Lipinski definition) is 5. The van der Waals surface area contributed by atoms with Crippen LogP contribution in [0.25, 0.3) is 11.3 Å². The van der Waals surface area contributed by atoms with Crippen molar-refractivity contribution in [3.63, 3.8) is 0 Å². The fourth-order valence-corrected chi connectivity index (χ4v) is 2.68. The van der Waals surface area contributed by atoms with Crippen LogP contribution in [0.3, 0.4) is 0 Å². The average Bonchev–Trinajstić information content (AvgIpc) is 2.60. The van der Waals surface area contributed by atoms with E-state index in [1.54, 1.807) is 11.8 Å². The van der Waals surface area contributed by atoms with E-state index in [1.165, 1.54) is 0 Å². The molecule has 0 saturated heterocycles. The van der Waals surface area contributed by atoms with E-state index in [1.807, 2.05) is 38.1 Å². The number of nitrogen functional groups attached to an aromatic ring is 1. The Bertz CT molecular complexity index is 742. The third kappa shape index (κ3) is 4.26. The Morgan fingerprint density at radius 1 is 1.20 bits per heavy atom. The van der Waals surface area contributed by atoms with Crippen LogP contribution in [0.2, 0.25) is 0 Å². The lowest BCUT2D eigenvalue weighted by Gasteiger charge is -2.21. The molecule has 0 aliphatic rings. The highest BCUT2D eigenvalue weighted by atomic mass is 16.5. The topological polar surface area (TPSA) is 81.3 Å². The summed E-state index contributed by atoms with van der Waals surface area (Å²) < 4.78 is 5.70. The summed E-state index contributed by atoms with van der Waals surface area (Å²) in [4.78, 5) is 23.3. The zero-order chi connectivity index (χ0) is 18.4. The first kappa shape index (κ1) is 18.7. The van der Waals surface area contributed by atoms with Gasteiger partial charge in [0, 0.05) is 18.7 Å². The summed E-state index contributed by atoms with van der Waals surface area (Å²) in [6.45, 7) is 9.63. The van der Waals surface area contributed by atoms with E-state index >= 15 is 0 Å². The first-order valence-corrected chi connectivity index (χ1v) is 8.68. The van der Waals surface area contributed by atoms with Crippen molar-refractivity contribution in [2.45, 2.75) is 34.1 Å². The fraction of sp³-hybridized carbons (Fsp3) is 0.421. The average molecular weight is 342 g/mol. The number of aryl methyl sites for hydroxylation is 1. The van der Waals surface area contributed by atoms with Gasteiger partial charge in [-0.1, -0.05) is 19.1 Å². The van der Waals surface area contributed by atoms with Crippen LogP contribution in [0, 0.1) is 6.92 Å². The van der Waals surface area contributed by atoms with Gasteiger partial charge in [-0.2, -0.15) is 0 Å². The molecule has 0 unspecified atom stereocenters. The molecule has 2 rings (SSSR count). The van der Waals surface area contributed by atoms with Crippen LogP contribution < -0.4 is 10.5 Å². The predicted molar refractivity (Wildman–Crippen MR) is 99.7 cm³/mol. The van der Waals surface area contributed by atoms with Crippen molar-refractivity contribution in [1.82, 2.24) is 14.9 Å². The summed E-state index contributed by atoms with van der Waals surface area (Å²) in [5.41, 5.74) is 8.26. The van der Waals surface area contributed by atoms with Crippen molar-refractivity contribution in [2.75, 3.05) is 25.4 Å². The van der Waals surface area contributed by atoms with Gasteiger partial charge in [-0.15, -0.1) is 0 Å². The Morgan fingerprint density at radius 3 is 2.56 bits per heavy atom. The quantitative estimate of drug-likeness (QED) is 0.835. The number of amides is 1. The highest BCUT2D eigenvalue weighted by Gasteiger charge is 2.23. The summed E-state index contributed by atoms with van der Waals surface area (Å²) in [7, 11) is 0. The van der Waals surface area contributed by atoms with E-state index in [9.17, 15) is 4.79 Å². The van der Waals surface area contributed by atoms with Gasteiger partial charge in [0.05, 0.1) is 23.6 Å². The summed E-state index contributed by atoms with van der Waals surface area (Å²) in [6, 6.07) is 7.57. The first-order valence-electron chi connectivity index (χ1n) is 8.68. The van der Waals surface area contributed by atoms with Crippen LogP contribution in [0.5, 0.6) is 5.75 Å². The molecule has 1 heterocycles. The minimum absolute atomic E-state index is 0.0858. The normalized spacial score (nSPS) is 10.6. The number of carbonyl (C=O) groups excluding carboxylic acids is 1. The second-order valence-corrected chi connectivity index (χ2v) is 5.74. The zero-order valence-electron chi connectivity index (χ0n) is 15.4. The van der Waals surface area contributed by atoms with Crippen molar-refractivity contribution in [3.05, 3.63) is 35.5 Å². The number of anilines is 1. The maximum atomic E-state index is 13.0. The van der Waals surface area contributed by atoms with E-state index in [2.05, 4.69) is 16.9 Å². The number of benzene rings is 1. The van der Waals surface area contributed by atoms with Crippen molar-refractivity contribution in [2.24, 2.45) is 0 Å². The number of ether oxygens (including phenoxy) is 1. The zero-order valence-corrected chi connectivity index (χ0v) is 15.4. The fourth-order valence-electron chi connectivity index (χ4n) is 2.68. The summed E-state index contributed by atoms with van der Waals surface area (Å²) in [5, 5.41) is 0. The molecule has 2 aromatic rings. The highest BCUT2D eigenvalue weighted by Crippen LogP contribution is 2.28. The molecule has 0 spiro atoms. The monoisotopic (exact) mass is 342 g/mol. The highest BCUT2D eigenvalue weighted by molar-refractivity contribution is 6.01. The van der Waals surface area contributed by atoms with Gasteiger partial charge in [0.1, 0.15) is 5.75 Å². The smallest absolute Gasteiger partial charge is 0.257 e. The third-order valence-corrected chi connectivity index (χ3v) is 3.95. The Hall–Kier alpha value is -2.63. The molecule has 0 radical (unpaired) electrons. The molecule has 0 bridgehead atoms. The largest absolute Gasteiger partial charge is 0.494 e. The van der Waals surface area contributed by atoms with Crippen LogP contribution in [-0.4, -0.2) is 40.5 Å². The van der Waals surface area contributed by atoms with Gasteiger partial charge in [-0.05, 0) is 39.3 Å². The van der Waals surface area contributed by atoms with Crippen LogP contribution >= 0.6 is 0 Å². The Labute approximate surface area is 149 Å². The second kappa shape index (κ2) is 8.46. The lowest BCUT2D eigenvalue weighted by Crippen LogP contribution is -2.32. The maximum absolute atomic E-state index is 13.0. The molecule has 25 heavy (non-hydrogen) atoms. The lowest BCUT2D eigenvalue weighted by molar-refractivity contribution is 0.0772. The van der Waals surface area contributed by atoms with Crippen molar-refractivity contribution >= 4 is 11.9 Å². The van der Waals surface area contributed by atoms with Gasteiger partial charge < -0.3 is 15.4 Å². The van der Waals surface area contributed by atoms with Crippen LogP contribution in [0.1, 0.15) is 43.2 Å². The summed E-state index contributed by atoms with van der Waals surface area (Å²) >= 11 is 0. The molecule has 134 valence electrons. The van der Waals surface area contributed by atoms with Crippen LogP contribution in [0.15, 0.2) is 24.3 Å². The summed E-state index contributed by atoms with van der Waals surface area (Å²) in [5.74, 6) is 0.816. The van der Waals surface area contributed by atoms with E-state index in [-0.39, 0.29) is 11.9 Å². The van der Waals surface area contributed by atoms with Crippen molar-refractivity contribution < 1.29 is 9.53 Å². The van der Waals surface area contributed by atoms with Crippen molar-refractivity contribution in [3.8, 4) is 17.0 Å². The van der Waals surface area contributed by atoms with Crippen molar-refractivity contribution in [1.29, 1.82) is 0 Å². The van der Waals surface area contributed by atoms with Gasteiger partial charge in [0.25, 0.3) is 5.91 Å². The molecule has 2 N–H and O–H groups in total. The first-order chi connectivity index (χ1) is 12.0. The molecule has 1 amide bonds. The number of nitrogens with zero attached hydrogens (tertiary/aromatic N) is 3. The van der Waals surface area contributed by atoms with Gasteiger partial charge in [0.15, 0.2) is 0 Å². The molecule has 6 nitrogen and oxygen atoms in total. The maximum Gasteiger partial charge on any atom is 0.257 e. The van der Waals surface area contributed by atoms with E-state index in [0.29, 0.717) is 36.6 Å². The number of carbonyl (C=O) groups is 1. The minimum atomic E-state index is -0.0858. The van der Waals surface area contributed by atoms with Crippen LogP contribution in [0.4, 0.5) is 5.95 Å². The van der Waals surface area contributed by atoms with Gasteiger partial charge in [0.2, 0.25) is 5.95 Å². The van der Waals surface area contributed by atoms with Gasteiger partial charge >= 0.3 is 0 Å². The Morgan fingerprint density at radius 2 is 1.92 bits per heavy atom. The van der Waals surface area contributed by atoms with Crippen LogP contribution in [-0.2, 0) is 0 Å².